The first-order valence-corrected chi connectivity index (χ1v) is 10.9. The van der Waals surface area contributed by atoms with Gasteiger partial charge in [-0.25, -0.2) is 13.9 Å². The normalized spacial score (nSPS) is 16.1. The molecule has 1 heterocycles. The average molecular weight is 446 g/mol. The predicted octanol–water partition coefficient (Wildman–Crippen LogP) is 1.10. The number of hydroxylamine groups is 1. The van der Waals surface area contributed by atoms with Crippen LogP contribution in [-0.4, -0.2) is 54.6 Å². The second-order valence-electron chi connectivity index (χ2n) is 7.19. The highest BCUT2D eigenvalue weighted by Gasteiger charge is 2.57. The van der Waals surface area contributed by atoms with Gasteiger partial charge in [0.1, 0.15) is 5.75 Å². The standard InChI is InChI=1S/C21H22N2O7S/c1-23-18(24)13-21(14-19(23)25,20(26)22-27)31(28,29)17-9-7-16(8-10-17)30-12-11-15-5-3-2-4-6-15/h2-10,27H,11-14H2,1H3,(H,22,26). The Balaban J connectivity index is 1.81. The first-order chi connectivity index (χ1) is 14.7. The lowest BCUT2D eigenvalue weighted by atomic mass is 9.94. The van der Waals surface area contributed by atoms with Gasteiger partial charge >= 0.3 is 0 Å². The Bertz CT molecular complexity index is 1060. The molecule has 0 spiro atoms. The number of likely N-dealkylation sites (tertiary alicyclic amines) is 1. The van der Waals surface area contributed by atoms with E-state index in [4.69, 9.17) is 9.94 Å². The molecule has 2 aromatic carbocycles. The largest absolute Gasteiger partial charge is 0.493 e. The van der Waals surface area contributed by atoms with Gasteiger partial charge in [0.25, 0.3) is 5.91 Å². The number of imide groups is 1. The summed E-state index contributed by atoms with van der Waals surface area (Å²) in [6.45, 7) is 0.377. The van der Waals surface area contributed by atoms with Crippen LogP contribution < -0.4 is 10.2 Å². The SMILES string of the molecule is CN1C(=O)CC(C(=O)NO)(S(=O)(=O)c2ccc(OCCc3ccccc3)cc2)CC1=O. The van der Waals surface area contributed by atoms with Crippen LogP contribution in [0.1, 0.15) is 18.4 Å². The Morgan fingerprint density at radius 2 is 1.65 bits per heavy atom. The van der Waals surface area contributed by atoms with Crippen LogP contribution in [0.5, 0.6) is 5.75 Å². The average Bonchev–Trinajstić information content (AvgIpc) is 2.77. The molecule has 0 saturated carbocycles. The Hall–Kier alpha value is -3.24. The van der Waals surface area contributed by atoms with Gasteiger partial charge in [-0.05, 0) is 29.8 Å². The maximum atomic E-state index is 13.3. The van der Waals surface area contributed by atoms with E-state index in [1.54, 1.807) is 0 Å². The molecule has 164 valence electrons. The second-order valence-corrected chi connectivity index (χ2v) is 9.45. The highest BCUT2D eigenvalue weighted by Crippen LogP contribution is 2.37. The maximum Gasteiger partial charge on any atom is 0.266 e. The van der Waals surface area contributed by atoms with Crippen molar-refractivity contribution in [2.45, 2.75) is 28.9 Å². The lowest BCUT2D eigenvalue weighted by Crippen LogP contribution is -2.60. The van der Waals surface area contributed by atoms with Gasteiger partial charge in [0, 0.05) is 13.5 Å². The Morgan fingerprint density at radius 1 is 1.06 bits per heavy atom. The van der Waals surface area contributed by atoms with Crippen molar-refractivity contribution >= 4 is 27.6 Å². The lowest BCUT2D eigenvalue weighted by Gasteiger charge is -2.36. The molecule has 0 unspecified atom stereocenters. The number of nitrogens with zero attached hydrogens (tertiary/aromatic N) is 1. The quantitative estimate of drug-likeness (QED) is 0.370. The number of benzene rings is 2. The summed E-state index contributed by atoms with van der Waals surface area (Å²) in [5, 5.41) is 9.12. The highest BCUT2D eigenvalue weighted by molar-refractivity contribution is 7.93. The van der Waals surface area contributed by atoms with Crippen molar-refractivity contribution in [2.24, 2.45) is 0 Å². The van der Waals surface area contributed by atoms with Crippen molar-refractivity contribution in [3.8, 4) is 5.75 Å². The summed E-state index contributed by atoms with van der Waals surface area (Å²) >= 11 is 0. The van der Waals surface area contributed by atoms with Gasteiger partial charge in [-0.2, -0.15) is 0 Å². The number of carbonyl (C=O) groups excluding carboxylic acids is 3. The maximum absolute atomic E-state index is 13.3. The third-order valence-electron chi connectivity index (χ3n) is 5.29. The van der Waals surface area contributed by atoms with Gasteiger partial charge < -0.3 is 4.74 Å². The number of sulfone groups is 1. The third-order valence-corrected chi connectivity index (χ3v) is 7.68. The molecule has 2 N–H and O–H groups in total. The fourth-order valence-electron chi connectivity index (χ4n) is 3.37. The van der Waals surface area contributed by atoms with Gasteiger partial charge in [0.15, 0.2) is 14.6 Å². The summed E-state index contributed by atoms with van der Waals surface area (Å²) in [5.74, 6) is -2.56. The second kappa shape index (κ2) is 8.86. The van der Waals surface area contributed by atoms with E-state index in [0.29, 0.717) is 18.8 Å². The summed E-state index contributed by atoms with van der Waals surface area (Å²) in [6, 6.07) is 15.0. The number of rotatable bonds is 7. The number of hydrogen-bond acceptors (Lipinski definition) is 7. The van der Waals surface area contributed by atoms with Crippen LogP contribution in [0.3, 0.4) is 0 Å². The molecule has 2 aromatic rings. The van der Waals surface area contributed by atoms with Gasteiger partial charge in [-0.1, -0.05) is 30.3 Å². The fourth-order valence-corrected chi connectivity index (χ4v) is 5.24. The summed E-state index contributed by atoms with van der Waals surface area (Å²) in [5.41, 5.74) is 2.39. The summed E-state index contributed by atoms with van der Waals surface area (Å²) < 4.78 is 29.8. The zero-order chi connectivity index (χ0) is 22.6. The fraction of sp³-hybridized carbons (Fsp3) is 0.286. The third kappa shape index (κ3) is 4.30. The van der Waals surface area contributed by atoms with E-state index in [0.717, 1.165) is 10.5 Å². The minimum atomic E-state index is -4.50. The van der Waals surface area contributed by atoms with E-state index in [2.05, 4.69) is 0 Å². The molecule has 0 atom stereocenters. The van der Waals surface area contributed by atoms with Crippen LogP contribution >= 0.6 is 0 Å². The zero-order valence-corrected chi connectivity index (χ0v) is 17.6. The summed E-state index contributed by atoms with van der Waals surface area (Å²) in [4.78, 5) is 37.2. The molecular weight excluding hydrogens is 424 g/mol. The molecule has 0 aliphatic carbocycles. The minimum Gasteiger partial charge on any atom is -0.493 e. The van der Waals surface area contributed by atoms with Crippen LogP contribution in [0.4, 0.5) is 0 Å². The number of ether oxygens (including phenoxy) is 1. The van der Waals surface area contributed by atoms with Gasteiger partial charge in [-0.3, -0.25) is 24.5 Å². The molecule has 1 aliphatic rings. The number of amides is 3. The van der Waals surface area contributed by atoms with Crippen molar-refractivity contribution in [1.29, 1.82) is 0 Å². The Morgan fingerprint density at radius 3 is 2.19 bits per heavy atom. The van der Waals surface area contributed by atoms with Crippen molar-refractivity contribution in [1.82, 2.24) is 10.4 Å². The molecule has 31 heavy (non-hydrogen) atoms. The molecule has 3 amide bonds. The minimum absolute atomic E-state index is 0.267. The van der Waals surface area contributed by atoms with Crippen LogP contribution in [0.15, 0.2) is 59.5 Å². The van der Waals surface area contributed by atoms with Crippen molar-refractivity contribution in [3.63, 3.8) is 0 Å². The molecule has 9 nitrogen and oxygen atoms in total. The molecule has 0 radical (unpaired) electrons. The monoisotopic (exact) mass is 446 g/mol. The summed E-state index contributed by atoms with van der Waals surface area (Å²) in [7, 11) is -3.29. The first-order valence-electron chi connectivity index (χ1n) is 9.46. The van der Waals surface area contributed by atoms with Gasteiger partial charge in [0.05, 0.1) is 24.3 Å². The molecule has 10 heteroatoms. The molecule has 0 aromatic heterocycles. The van der Waals surface area contributed by atoms with Crippen LogP contribution in [0.2, 0.25) is 0 Å². The van der Waals surface area contributed by atoms with Crippen LogP contribution in [0.25, 0.3) is 0 Å². The van der Waals surface area contributed by atoms with Gasteiger partial charge in [0.2, 0.25) is 11.8 Å². The number of piperidine rings is 1. The topological polar surface area (TPSA) is 130 Å². The summed E-state index contributed by atoms with van der Waals surface area (Å²) in [6.07, 6.45) is -0.864. The van der Waals surface area contributed by atoms with E-state index in [1.807, 2.05) is 30.3 Å². The number of nitrogens with one attached hydrogen (secondary N) is 1. The lowest BCUT2D eigenvalue weighted by molar-refractivity contribution is -0.151. The first kappa shape index (κ1) is 22.4. The van der Waals surface area contributed by atoms with E-state index in [9.17, 15) is 22.8 Å². The number of carbonyl (C=O) groups is 3. The smallest absolute Gasteiger partial charge is 0.266 e. The zero-order valence-electron chi connectivity index (χ0n) is 16.8. The molecule has 1 saturated heterocycles. The van der Waals surface area contributed by atoms with E-state index >= 15 is 0 Å². The molecule has 1 aliphatic heterocycles. The van der Waals surface area contributed by atoms with Crippen LogP contribution in [-0.2, 0) is 30.6 Å². The molecule has 0 bridgehead atoms. The van der Waals surface area contributed by atoms with E-state index < -0.39 is 45.1 Å². The highest BCUT2D eigenvalue weighted by atomic mass is 32.2. The van der Waals surface area contributed by atoms with E-state index in [1.165, 1.54) is 36.8 Å². The molecule has 1 fully saturated rings. The Kier molecular flexibility index (Phi) is 6.42. The Labute approximate surface area is 179 Å². The van der Waals surface area contributed by atoms with Crippen molar-refractivity contribution in [2.75, 3.05) is 13.7 Å². The predicted molar refractivity (Wildman–Crippen MR) is 109 cm³/mol. The number of hydrogen-bond donors (Lipinski definition) is 2. The molecule has 3 rings (SSSR count). The van der Waals surface area contributed by atoms with E-state index in [-0.39, 0.29) is 4.90 Å². The van der Waals surface area contributed by atoms with Crippen molar-refractivity contribution in [3.05, 3.63) is 60.2 Å². The van der Waals surface area contributed by atoms with Crippen molar-refractivity contribution < 1.29 is 32.7 Å². The van der Waals surface area contributed by atoms with Crippen LogP contribution in [0, 0.1) is 0 Å². The molecular formula is C21H22N2O7S. The van der Waals surface area contributed by atoms with Gasteiger partial charge in [-0.15, -0.1) is 0 Å².